The molecule has 0 bridgehead atoms. The van der Waals surface area contributed by atoms with Crippen LogP contribution >= 0.6 is 0 Å². The molecule has 1 atom stereocenters. The van der Waals surface area contributed by atoms with Crippen LogP contribution in [0.25, 0.3) is 0 Å². The zero-order valence-electron chi connectivity index (χ0n) is 10.9. The molecule has 1 aromatic rings. The Kier molecular flexibility index (Phi) is 4.27. The predicted molar refractivity (Wildman–Crippen MR) is 64.3 cm³/mol. The number of nitrogens with one attached hydrogen (secondary N) is 1. The first-order valence-corrected chi connectivity index (χ1v) is 5.63. The van der Waals surface area contributed by atoms with E-state index in [0.29, 0.717) is 0 Å². The van der Waals surface area contributed by atoms with E-state index in [9.17, 15) is 13.6 Å². The van der Waals surface area contributed by atoms with Crippen LogP contribution in [-0.2, 0) is 4.79 Å². The largest absolute Gasteiger partial charge is 0.481 e. The zero-order chi connectivity index (χ0) is 13.9. The van der Waals surface area contributed by atoms with Crippen LogP contribution in [0, 0.1) is 11.6 Å². The summed E-state index contributed by atoms with van der Waals surface area (Å²) in [5, 5.41) is 2.73. The summed E-state index contributed by atoms with van der Waals surface area (Å²) in [6, 6.07) is 3.15. The van der Waals surface area contributed by atoms with Gasteiger partial charge in [-0.25, -0.2) is 8.78 Å². The van der Waals surface area contributed by atoms with Crippen LogP contribution in [0.15, 0.2) is 18.2 Å². The molecule has 1 aromatic carbocycles. The Labute approximate surface area is 105 Å². The molecule has 0 aliphatic carbocycles. The Morgan fingerprint density at radius 1 is 1.28 bits per heavy atom. The third-order valence-electron chi connectivity index (χ3n) is 2.07. The minimum Gasteiger partial charge on any atom is -0.481 e. The highest BCUT2D eigenvalue weighted by Crippen LogP contribution is 2.17. The first-order valence-electron chi connectivity index (χ1n) is 5.63. The van der Waals surface area contributed by atoms with Crippen molar-refractivity contribution in [2.24, 2.45) is 0 Å². The van der Waals surface area contributed by atoms with Gasteiger partial charge in [0.2, 0.25) is 0 Å². The van der Waals surface area contributed by atoms with Gasteiger partial charge in [0.25, 0.3) is 5.91 Å². The normalized spacial score (nSPS) is 13.0. The maximum atomic E-state index is 12.9. The van der Waals surface area contributed by atoms with Crippen molar-refractivity contribution >= 4 is 5.91 Å². The van der Waals surface area contributed by atoms with Crippen LogP contribution in [0.1, 0.15) is 27.7 Å². The molecule has 0 aliphatic heterocycles. The van der Waals surface area contributed by atoms with E-state index >= 15 is 0 Å². The molecule has 1 unspecified atom stereocenters. The maximum absolute atomic E-state index is 12.9. The lowest BCUT2D eigenvalue weighted by atomic mass is 10.1. The summed E-state index contributed by atoms with van der Waals surface area (Å²) in [7, 11) is 0. The van der Waals surface area contributed by atoms with Gasteiger partial charge in [-0.05, 0) is 39.8 Å². The SMILES string of the molecule is CC(Oc1ccc(F)c(F)c1)C(=O)NC(C)(C)C. The highest BCUT2D eigenvalue weighted by molar-refractivity contribution is 5.81. The molecular weight excluding hydrogens is 240 g/mol. The number of rotatable bonds is 3. The van der Waals surface area contributed by atoms with Crippen molar-refractivity contribution in [1.82, 2.24) is 5.32 Å². The number of hydrogen-bond acceptors (Lipinski definition) is 2. The van der Waals surface area contributed by atoms with Gasteiger partial charge in [-0.2, -0.15) is 0 Å². The standard InChI is InChI=1S/C13H17F2NO2/c1-8(12(17)16-13(2,3)4)18-9-5-6-10(14)11(15)7-9/h5-8H,1-4H3,(H,16,17). The van der Waals surface area contributed by atoms with Crippen molar-refractivity contribution in [2.75, 3.05) is 0 Å². The van der Waals surface area contributed by atoms with E-state index in [1.807, 2.05) is 20.8 Å². The lowest BCUT2D eigenvalue weighted by Gasteiger charge is -2.23. The van der Waals surface area contributed by atoms with Crippen LogP contribution in [-0.4, -0.2) is 17.6 Å². The van der Waals surface area contributed by atoms with Crippen molar-refractivity contribution in [3.05, 3.63) is 29.8 Å². The third kappa shape index (κ3) is 4.31. The number of amides is 1. The lowest BCUT2D eigenvalue weighted by Crippen LogP contribution is -2.46. The number of carbonyl (C=O) groups excluding carboxylic acids is 1. The lowest BCUT2D eigenvalue weighted by molar-refractivity contribution is -0.128. The monoisotopic (exact) mass is 257 g/mol. The van der Waals surface area contributed by atoms with Crippen LogP contribution in [0.2, 0.25) is 0 Å². The van der Waals surface area contributed by atoms with Crippen molar-refractivity contribution in [3.63, 3.8) is 0 Å². The smallest absolute Gasteiger partial charge is 0.261 e. The fourth-order valence-electron chi connectivity index (χ4n) is 1.28. The summed E-state index contributed by atoms with van der Waals surface area (Å²) in [6.07, 6.45) is -0.783. The van der Waals surface area contributed by atoms with Crippen molar-refractivity contribution in [1.29, 1.82) is 0 Å². The summed E-state index contributed by atoms with van der Waals surface area (Å²) in [5.74, 6) is -2.15. The summed E-state index contributed by atoms with van der Waals surface area (Å²) < 4.78 is 30.9. The quantitative estimate of drug-likeness (QED) is 0.904. The van der Waals surface area contributed by atoms with Crippen molar-refractivity contribution in [3.8, 4) is 5.75 Å². The molecule has 1 rings (SSSR count). The second-order valence-electron chi connectivity index (χ2n) is 5.08. The van der Waals surface area contributed by atoms with Crippen LogP contribution < -0.4 is 10.1 Å². The minimum atomic E-state index is -1.00. The van der Waals surface area contributed by atoms with E-state index in [-0.39, 0.29) is 17.2 Å². The van der Waals surface area contributed by atoms with Crippen LogP contribution in [0.4, 0.5) is 8.78 Å². The fraction of sp³-hybridized carbons (Fsp3) is 0.462. The fourth-order valence-corrected chi connectivity index (χ4v) is 1.28. The van der Waals surface area contributed by atoms with Gasteiger partial charge in [0, 0.05) is 11.6 Å². The molecule has 0 aromatic heterocycles. The van der Waals surface area contributed by atoms with Gasteiger partial charge in [0.15, 0.2) is 17.7 Å². The Balaban J connectivity index is 2.66. The Bertz CT molecular complexity index is 441. The van der Waals surface area contributed by atoms with Crippen LogP contribution in [0.3, 0.4) is 0 Å². The van der Waals surface area contributed by atoms with E-state index in [1.165, 1.54) is 6.07 Å². The molecule has 0 heterocycles. The number of benzene rings is 1. The molecular formula is C13H17F2NO2. The average molecular weight is 257 g/mol. The van der Waals surface area contributed by atoms with Crippen LogP contribution in [0.5, 0.6) is 5.75 Å². The summed E-state index contributed by atoms with van der Waals surface area (Å²) >= 11 is 0. The third-order valence-corrected chi connectivity index (χ3v) is 2.07. The van der Waals surface area contributed by atoms with E-state index < -0.39 is 17.7 Å². The second-order valence-corrected chi connectivity index (χ2v) is 5.08. The highest BCUT2D eigenvalue weighted by Gasteiger charge is 2.20. The van der Waals surface area contributed by atoms with Crippen molar-refractivity contribution < 1.29 is 18.3 Å². The van der Waals surface area contributed by atoms with E-state index in [1.54, 1.807) is 6.92 Å². The molecule has 0 radical (unpaired) electrons. The molecule has 0 saturated heterocycles. The van der Waals surface area contributed by atoms with Gasteiger partial charge in [-0.1, -0.05) is 0 Å². The highest BCUT2D eigenvalue weighted by atomic mass is 19.2. The predicted octanol–water partition coefficient (Wildman–Crippen LogP) is 2.65. The summed E-state index contributed by atoms with van der Waals surface area (Å²) in [4.78, 5) is 11.7. The molecule has 3 nitrogen and oxygen atoms in total. The average Bonchev–Trinajstić information content (AvgIpc) is 2.21. The molecule has 0 aliphatic rings. The Morgan fingerprint density at radius 2 is 1.89 bits per heavy atom. The number of ether oxygens (including phenoxy) is 1. The van der Waals surface area contributed by atoms with E-state index in [0.717, 1.165) is 12.1 Å². The minimum absolute atomic E-state index is 0.116. The molecule has 18 heavy (non-hydrogen) atoms. The van der Waals surface area contributed by atoms with Gasteiger partial charge in [-0.3, -0.25) is 4.79 Å². The van der Waals surface area contributed by atoms with Gasteiger partial charge < -0.3 is 10.1 Å². The van der Waals surface area contributed by atoms with Crippen molar-refractivity contribution in [2.45, 2.75) is 39.3 Å². The molecule has 1 amide bonds. The second kappa shape index (κ2) is 5.33. The zero-order valence-corrected chi connectivity index (χ0v) is 10.9. The molecule has 1 N–H and O–H groups in total. The van der Waals surface area contributed by atoms with E-state index in [4.69, 9.17) is 4.74 Å². The number of hydrogen-bond donors (Lipinski definition) is 1. The Hall–Kier alpha value is -1.65. The Morgan fingerprint density at radius 3 is 2.39 bits per heavy atom. The first-order chi connectivity index (χ1) is 8.19. The maximum Gasteiger partial charge on any atom is 0.261 e. The molecule has 5 heteroatoms. The number of carbonyl (C=O) groups is 1. The molecule has 0 saturated carbocycles. The summed E-state index contributed by atoms with van der Waals surface area (Å²) in [5.41, 5.74) is -0.372. The molecule has 0 fully saturated rings. The van der Waals surface area contributed by atoms with E-state index in [2.05, 4.69) is 5.32 Å². The first kappa shape index (κ1) is 14.4. The van der Waals surface area contributed by atoms with Gasteiger partial charge >= 0.3 is 0 Å². The summed E-state index contributed by atoms with van der Waals surface area (Å²) in [6.45, 7) is 7.07. The topological polar surface area (TPSA) is 38.3 Å². The van der Waals surface area contributed by atoms with Gasteiger partial charge in [0.1, 0.15) is 5.75 Å². The molecule has 100 valence electrons. The molecule has 0 spiro atoms. The number of halogens is 2. The van der Waals surface area contributed by atoms with Gasteiger partial charge in [-0.15, -0.1) is 0 Å². The van der Waals surface area contributed by atoms with Gasteiger partial charge in [0.05, 0.1) is 0 Å².